The van der Waals surface area contributed by atoms with Crippen LogP contribution in [-0.2, 0) is 17.8 Å². The van der Waals surface area contributed by atoms with E-state index in [1.165, 1.54) is 12.1 Å². The van der Waals surface area contributed by atoms with E-state index in [-0.39, 0.29) is 5.75 Å². The normalized spacial score (nSPS) is 13.4. The first-order chi connectivity index (χ1) is 11.7. The van der Waals surface area contributed by atoms with Crippen molar-refractivity contribution >= 4 is 5.97 Å². The summed E-state index contributed by atoms with van der Waals surface area (Å²) >= 11 is 0. The summed E-state index contributed by atoms with van der Waals surface area (Å²) in [5, 5.41) is 19.5. The Hall–Kier alpha value is -2.75. The molecule has 0 bridgehead atoms. The van der Waals surface area contributed by atoms with Crippen LogP contribution in [-0.4, -0.2) is 38.9 Å². The molecule has 0 saturated heterocycles. The minimum absolute atomic E-state index is 0.0987. The number of nitrogens with one attached hydrogen (secondary N) is 1. The number of carboxylic acids is 1. The standard InChI is InChI=1S/C13H12FN3O.C2HF3O2/c14-11-5-9(18)1-2-10(11)13-16-7-8-6-15-4-3-12(8)17-13;3-2(4,5)1(6)7/h1-2,5,7,15,18H,3-4,6H2;(H,6,7). The van der Waals surface area contributed by atoms with Crippen molar-refractivity contribution in [1.29, 1.82) is 0 Å². The van der Waals surface area contributed by atoms with E-state index in [1.807, 2.05) is 0 Å². The predicted octanol–water partition coefficient (Wildman–Crippen LogP) is 2.27. The van der Waals surface area contributed by atoms with E-state index >= 15 is 0 Å². The molecule has 2 heterocycles. The Kier molecular flexibility index (Phi) is 5.52. The third kappa shape index (κ3) is 4.86. The molecule has 0 atom stereocenters. The number of nitrogens with zero attached hydrogens (tertiary/aromatic N) is 2. The van der Waals surface area contributed by atoms with Crippen LogP contribution in [0.15, 0.2) is 24.4 Å². The number of aromatic hydroxyl groups is 1. The third-order valence-electron chi connectivity index (χ3n) is 3.24. The smallest absolute Gasteiger partial charge is 0.490 e. The van der Waals surface area contributed by atoms with Crippen molar-refractivity contribution in [3.05, 3.63) is 41.5 Å². The maximum absolute atomic E-state index is 13.7. The van der Waals surface area contributed by atoms with Crippen molar-refractivity contribution in [2.75, 3.05) is 6.54 Å². The van der Waals surface area contributed by atoms with Crippen LogP contribution in [0.25, 0.3) is 11.4 Å². The molecule has 1 aromatic heterocycles. The summed E-state index contributed by atoms with van der Waals surface area (Å²) in [4.78, 5) is 17.5. The van der Waals surface area contributed by atoms with Crippen LogP contribution in [0.1, 0.15) is 11.3 Å². The zero-order valence-electron chi connectivity index (χ0n) is 12.6. The lowest BCUT2D eigenvalue weighted by Crippen LogP contribution is -2.25. The molecule has 0 unspecified atom stereocenters. The minimum Gasteiger partial charge on any atom is -0.508 e. The molecule has 25 heavy (non-hydrogen) atoms. The monoisotopic (exact) mass is 359 g/mol. The maximum atomic E-state index is 13.7. The van der Waals surface area contributed by atoms with Gasteiger partial charge in [0.25, 0.3) is 0 Å². The topological polar surface area (TPSA) is 95.3 Å². The highest BCUT2D eigenvalue weighted by Gasteiger charge is 2.38. The number of carbonyl (C=O) groups is 1. The maximum Gasteiger partial charge on any atom is 0.490 e. The average Bonchev–Trinajstić information content (AvgIpc) is 2.54. The molecule has 134 valence electrons. The molecule has 1 aliphatic heterocycles. The van der Waals surface area contributed by atoms with Crippen molar-refractivity contribution < 1.29 is 32.6 Å². The number of fused-ring (bicyclic) bond motifs is 1. The highest BCUT2D eigenvalue weighted by Crippen LogP contribution is 2.24. The molecule has 2 aromatic rings. The van der Waals surface area contributed by atoms with Gasteiger partial charge in [0.2, 0.25) is 0 Å². The van der Waals surface area contributed by atoms with Gasteiger partial charge in [-0.25, -0.2) is 19.2 Å². The van der Waals surface area contributed by atoms with E-state index in [2.05, 4.69) is 15.3 Å². The second kappa shape index (κ2) is 7.43. The first-order valence-electron chi connectivity index (χ1n) is 7.03. The highest BCUT2D eigenvalue weighted by atomic mass is 19.4. The van der Waals surface area contributed by atoms with E-state index in [0.29, 0.717) is 11.4 Å². The minimum atomic E-state index is -5.08. The molecule has 0 spiro atoms. The molecule has 1 aromatic carbocycles. The average molecular weight is 359 g/mol. The van der Waals surface area contributed by atoms with Gasteiger partial charge >= 0.3 is 12.1 Å². The lowest BCUT2D eigenvalue weighted by molar-refractivity contribution is -0.192. The van der Waals surface area contributed by atoms with E-state index in [1.54, 1.807) is 6.20 Å². The highest BCUT2D eigenvalue weighted by molar-refractivity contribution is 5.73. The molecular formula is C15H13F4N3O3. The van der Waals surface area contributed by atoms with Crippen molar-refractivity contribution in [3.63, 3.8) is 0 Å². The molecule has 3 rings (SSSR count). The van der Waals surface area contributed by atoms with Crippen molar-refractivity contribution in [2.24, 2.45) is 0 Å². The molecule has 0 aliphatic carbocycles. The fourth-order valence-corrected chi connectivity index (χ4v) is 2.05. The van der Waals surface area contributed by atoms with Gasteiger partial charge in [0.15, 0.2) is 5.82 Å². The molecule has 0 radical (unpaired) electrons. The zero-order valence-corrected chi connectivity index (χ0v) is 12.6. The lowest BCUT2D eigenvalue weighted by Gasteiger charge is -2.16. The van der Waals surface area contributed by atoms with E-state index in [9.17, 15) is 22.7 Å². The van der Waals surface area contributed by atoms with Crippen LogP contribution in [0.3, 0.4) is 0 Å². The Morgan fingerprint density at radius 3 is 2.56 bits per heavy atom. The summed E-state index contributed by atoms with van der Waals surface area (Å²) < 4.78 is 45.5. The second-order valence-electron chi connectivity index (χ2n) is 5.06. The van der Waals surface area contributed by atoms with Gasteiger partial charge in [-0.3, -0.25) is 0 Å². The zero-order chi connectivity index (χ0) is 18.6. The molecule has 6 nitrogen and oxygen atoms in total. The quantitative estimate of drug-likeness (QED) is 0.676. The number of aliphatic carboxylic acids is 1. The molecule has 0 saturated carbocycles. The Morgan fingerprint density at radius 1 is 1.28 bits per heavy atom. The number of aromatic nitrogens is 2. The van der Waals surface area contributed by atoms with Crippen LogP contribution in [0.5, 0.6) is 5.75 Å². The summed E-state index contributed by atoms with van der Waals surface area (Å²) in [6.45, 7) is 1.63. The third-order valence-corrected chi connectivity index (χ3v) is 3.24. The van der Waals surface area contributed by atoms with Gasteiger partial charge in [-0.05, 0) is 12.1 Å². The largest absolute Gasteiger partial charge is 0.508 e. The fraction of sp³-hybridized carbons (Fsp3) is 0.267. The van der Waals surface area contributed by atoms with Gasteiger partial charge in [0.05, 0.1) is 11.3 Å². The Morgan fingerprint density at radius 2 is 1.96 bits per heavy atom. The number of hydrogen-bond acceptors (Lipinski definition) is 5. The number of benzene rings is 1. The summed E-state index contributed by atoms with van der Waals surface area (Å²) in [6.07, 6.45) is -2.53. The van der Waals surface area contributed by atoms with Crippen LogP contribution in [0.4, 0.5) is 17.6 Å². The first-order valence-corrected chi connectivity index (χ1v) is 7.03. The Labute approximate surface area is 139 Å². The first kappa shape index (κ1) is 18.6. The van der Waals surface area contributed by atoms with Gasteiger partial charge in [-0.1, -0.05) is 0 Å². The van der Waals surface area contributed by atoms with Crippen LogP contribution >= 0.6 is 0 Å². The number of halogens is 4. The van der Waals surface area contributed by atoms with Crippen LogP contribution in [0, 0.1) is 5.82 Å². The molecular weight excluding hydrogens is 346 g/mol. The Balaban J connectivity index is 0.000000277. The summed E-state index contributed by atoms with van der Waals surface area (Å²) in [7, 11) is 0. The van der Waals surface area contributed by atoms with Crippen molar-refractivity contribution in [3.8, 4) is 17.1 Å². The number of phenolic OH excluding ortho intramolecular Hbond substituents is 1. The molecule has 0 fully saturated rings. The summed E-state index contributed by atoms with van der Waals surface area (Å²) in [5.41, 5.74) is 2.34. The fourth-order valence-electron chi connectivity index (χ4n) is 2.05. The van der Waals surface area contributed by atoms with E-state index in [4.69, 9.17) is 9.90 Å². The van der Waals surface area contributed by atoms with Gasteiger partial charge in [-0.15, -0.1) is 0 Å². The lowest BCUT2D eigenvalue weighted by atomic mass is 10.1. The Bertz CT molecular complexity index is 781. The number of rotatable bonds is 1. The number of carboxylic acid groups (broad SMARTS) is 1. The van der Waals surface area contributed by atoms with Crippen molar-refractivity contribution in [2.45, 2.75) is 19.1 Å². The number of alkyl halides is 3. The summed E-state index contributed by atoms with van der Waals surface area (Å²) in [5.74, 6) is -3.00. The SMILES string of the molecule is O=C(O)C(F)(F)F.Oc1ccc(-c2ncc3c(n2)CCNC3)c(F)c1. The summed E-state index contributed by atoms with van der Waals surface area (Å²) in [6, 6.07) is 4.00. The molecule has 0 amide bonds. The number of hydrogen-bond donors (Lipinski definition) is 3. The second-order valence-corrected chi connectivity index (χ2v) is 5.06. The van der Waals surface area contributed by atoms with Gasteiger partial charge in [-0.2, -0.15) is 13.2 Å². The number of phenols is 1. The molecule has 3 N–H and O–H groups in total. The molecule has 1 aliphatic rings. The van der Waals surface area contributed by atoms with Crippen molar-refractivity contribution in [1.82, 2.24) is 15.3 Å². The van der Waals surface area contributed by atoms with E-state index in [0.717, 1.165) is 36.8 Å². The van der Waals surface area contributed by atoms with E-state index < -0.39 is 18.0 Å². The van der Waals surface area contributed by atoms with Gasteiger partial charge < -0.3 is 15.5 Å². The van der Waals surface area contributed by atoms with Gasteiger partial charge in [0.1, 0.15) is 11.6 Å². The predicted molar refractivity (Wildman–Crippen MR) is 78.2 cm³/mol. The molecule has 10 heteroatoms. The van der Waals surface area contributed by atoms with Crippen LogP contribution in [0.2, 0.25) is 0 Å². The van der Waals surface area contributed by atoms with Gasteiger partial charge in [0, 0.05) is 37.3 Å². The van der Waals surface area contributed by atoms with Crippen LogP contribution < -0.4 is 5.32 Å².